The Morgan fingerprint density at radius 1 is 1.61 bits per heavy atom. The molecular weight excluding hydrogens is 250 g/mol. The van der Waals surface area contributed by atoms with Crippen molar-refractivity contribution in [3.8, 4) is 0 Å². The molecule has 6 heteroatoms. The Hall–Kier alpha value is -1.66. The third kappa shape index (κ3) is 2.30. The zero-order chi connectivity index (χ0) is 13.1. The van der Waals surface area contributed by atoms with E-state index in [-0.39, 0.29) is 5.91 Å². The van der Waals surface area contributed by atoms with Crippen molar-refractivity contribution in [3.05, 3.63) is 23.2 Å². The highest BCUT2D eigenvalue weighted by molar-refractivity contribution is 7.21. The first kappa shape index (κ1) is 12.8. The summed E-state index contributed by atoms with van der Waals surface area (Å²) in [6.07, 6.45) is 1.67. The number of nitrogen functional groups attached to an aromatic ring is 1. The number of thiophene rings is 1. The first-order valence-electron chi connectivity index (χ1n) is 5.52. The molecule has 1 amide bonds. The van der Waals surface area contributed by atoms with E-state index in [2.05, 4.69) is 4.98 Å². The fourth-order valence-electron chi connectivity index (χ4n) is 1.61. The SMILES string of the molecule is COCCN(C)C(=O)c1sc2cccnc2c1N. The van der Waals surface area contributed by atoms with Crippen LogP contribution in [0.25, 0.3) is 10.2 Å². The summed E-state index contributed by atoms with van der Waals surface area (Å²) < 4.78 is 5.88. The number of hydrogen-bond acceptors (Lipinski definition) is 5. The van der Waals surface area contributed by atoms with Gasteiger partial charge in [0, 0.05) is 26.9 Å². The lowest BCUT2D eigenvalue weighted by Crippen LogP contribution is -2.29. The second kappa shape index (κ2) is 5.32. The molecule has 0 saturated carbocycles. The van der Waals surface area contributed by atoms with Crippen molar-refractivity contribution in [1.82, 2.24) is 9.88 Å². The number of methoxy groups -OCH3 is 1. The summed E-state index contributed by atoms with van der Waals surface area (Å²) in [4.78, 5) is 18.6. The highest BCUT2D eigenvalue weighted by atomic mass is 32.1. The molecule has 96 valence electrons. The highest BCUT2D eigenvalue weighted by Crippen LogP contribution is 2.32. The van der Waals surface area contributed by atoms with Crippen LogP contribution in [0.3, 0.4) is 0 Å². The van der Waals surface area contributed by atoms with Crippen molar-refractivity contribution in [1.29, 1.82) is 0 Å². The number of ether oxygens (including phenoxy) is 1. The normalized spacial score (nSPS) is 10.8. The van der Waals surface area contributed by atoms with Crippen molar-refractivity contribution in [3.63, 3.8) is 0 Å². The van der Waals surface area contributed by atoms with E-state index in [0.29, 0.717) is 29.2 Å². The van der Waals surface area contributed by atoms with Gasteiger partial charge in [0.1, 0.15) is 10.4 Å². The van der Waals surface area contributed by atoms with E-state index in [1.54, 1.807) is 25.3 Å². The maximum absolute atomic E-state index is 12.2. The van der Waals surface area contributed by atoms with Crippen LogP contribution in [0.4, 0.5) is 5.69 Å². The minimum atomic E-state index is -0.0902. The number of carbonyl (C=O) groups excluding carboxylic acids is 1. The zero-order valence-electron chi connectivity index (χ0n) is 10.3. The molecule has 0 aliphatic carbocycles. The van der Waals surface area contributed by atoms with Gasteiger partial charge in [-0.1, -0.05) is 0 Å². The molecule has 2 N–H and O–H groups in total. The molecule has 0 unspecified atom stereocenters. The molecule has 5 nitrogen and oxygen atoms in total. The van der Waals surface area contributed by atoms with Gasteiger partial charge in [-0.25, -0.2) is 0 Å². The number of nitrogens with zero attached hydrogens (tertiary/aromatic N) is 2. The van der Waals surface area contributed by atoms with E-state index < -0.39 is 0 Å². The zero-order valence-corrected chi connectivity index (χ0v) is 11.2. The van der Waals surface area contributed by atoms with E-state index in [0.717, 1.165) is 4.70 Å². The summed E-state index contributed by atoms with van der Waals surface area (Å²) in [7, 11) is 3.34. The van der Waals surface area contributed by atoms with E-state index >= 15 is 0 Å². The Morgan fingerprint density at radius 2 is 2.39 bits per heavy atom. The second-order valence-electron chi connectivity index (χ2n) is 3.91. The van der Waals surface area contributed by atoms with Crippen molar-refractivity contribution < 1.29 is 9.53 Å². The van der Waals surface area contributed by atoms with Gasteiger partial charge in [-0.2, -0.15) is 0 Å². The Bertz CT molecular complexity index is 567. The van der Waals surface area contributed by atoms with Gasteiger partial charge in [0.05, 0.1) is 17.0 Å². The standard InChI is InChI=1S/C12H15N3O2S/c1-15(6-7-17-2)12(16)11-9(13)10-8(18-11)4-3-5-14-10/h3-5H,6-7,13H2,1-2H3. The van der Waals surface area contributed by atoms with Crippen molar-refractivity contribution >= 4 is 33.1 Å². The molecule has 0 aliphatic heterocycles. The monoisotopic (exact) mass is 265 g/mol. The number of anilines is 1. The van der Waals surface area contributed by atoms with Gasteiger partial charge in [0.15, 0.2) is 0 Å². The van der Waals surface area contributed by atoms with E-state index in [1.165, 1.54) is 11.3 Å². The van der Waals surface area contributed by atoms with Crippen LogP contribution in [0, 0.1) is 0 Å². The summed E-state index contributed by atoms with van der Waals surface area (Å²) in [5, 5.41) is 0. The molecule has 0 radical (unpaired) electrons. The number of nitrogens with two attached hydrogens (primary N) is 1. The number of pyridine rings is 1. The highest BCUT2D eigenvalue weighted by Gasteiger charge is 2.19. The van der Waals surface area contributed by atoms with Crippen molar-refractivity contribution in [2.45, 2.75) is 0 Å². The molecular formula is C12H15N3O2S. The van der Waals surface area contributed by atoms with Crippen LogP contribution in [0.2, 0.25) is 0 Å². The molecule has 2 heterocycles. The predicted molar refractivity (Wildman–Crippen MR) is 72.9 cm³/mol. The lowest BCUT2D eigenvalue weighted by atomic mass is 10.3. The van der Waals surface area contributed by atoms with Crippen LogP contribution >= 0.6 is 11.3 Å². The van der Waals surface area contributed by atoms with Crippen molar-refractivity contribution in [2.24, 2.45) is 0 Å². The number of fused-ring (bicyclic) bond motifs is 1. The number of carbonyl (C=O) groups is 1. The molecule has 0 spiro atoms. The average molecular weight is 265 g/mol. The van der Waals surface area contributed by atoms with Crippen LogP contribution in [0.5, 0.6) is 0 Å². The molecule has 0 fully saturated rings. The Kier molecular flexibility index (Phi) is 3.78. The van der Waals surface area contributed by atoms with Gasteiger partial charge in [-0.3, -0.25) is 9.78 Å². The van der Waals surface area contributed by atoms with Crippen LogP contribution < -0.4 is 5.73 Å². The third-order valence-electron chi connectivity index (χ3n) is 2.65. The molecule has 0 bridgehead atoms. The lowest BCUT2D eigenvalue weighted by molar-refractivity contribution is 0.0750. The minimum absolute atomic E-state index is 0.0902. The Morgan fingerprint density at radius 3 is 3.06 bits per heavy atom. The number of amides is 1. The van der Waals surface area contributed by atoms with E-state index in [4.69, 9.17) is 10.5 Å². The number of aromatic nitrogens is 1. The summed E-state index contributed by atoms with van der Waals surface area (Å²) >= 11 is 1.37. The number of rotatable bonds is 4. The lowest BCUT2D eigenvalue weighted by Gasteiger charge is -2.15. The molecule has 0 aliphatic rings. The quantitative estimate of drug-likeness (QED) is 0.911. The van der Waals surface area contributed by atoms with E-state index in [9.17, 15) is 4.79 Å². The predicted octanol–water partition coefficient (Wildman–Crippen LogP) is 1.60. The summed E-state index contributed by atoms with van der Waals surface area (Å²) in [6.45, 7) is 1.04. The number of likely N-dealkylation sites (N-methyl/N-ethyl adjacent to an activating group) is 1. The molecule has 2 aromatic heterocycles. The Labute approximate surface area is 109 Å². The average Bonchev–Trinajstić information content (AvgIpc) is 2.73. The third-order valence-corrected chi connectivity index (χ3v) is 3.80. The topological polar surface area (TPSA) is 68.5 Å². The summed E-state index contributed by atoms with van der Waals surface area (Å²) in [6, 6.07) is 3.75. The molecule has 2 rings (SSSR count). The minimum Gasteiger partial charge on any atom is -0.396 e. The van der Waals surface area contributed by atoms with Crippen LogP contribution in [0.15, 0.2) is 18.3 Å². The maximum atomic E-state index is 12.2. The van der Waals surface area contributed by atoms with Gasteiger partial charge in [0.25, 0.3) is 5.91 Å². The molecule has 0 saturated heterocycles. The summed E-state index contributed by atoms with van der Waals surface area (Å²) in [5.74, 6) is -0.0902. The first-order chi connectivity index (χ1) is 8.65. The van der Waals surface area contributed by atoms with Gasteiger partial charge < -0.3 is 15.4 Å². The molecule has 2 aromatic rings. The van der Waals surface area contributed by atoms with Gasteiger partial charge in [-0.15, -0.1) is 11.3 Å². The second-order valence-corrected chi connectivity index (χ2v) is 4.97. The molecule has 18 heavy (non-hydrogen) atoms. The smallest absolute Gasteiger partial charge is 0.265 e. The Balaban J connectivity index is 2.30. The van der Waals surface area contributed by atoms with Gasteiger partial charge in [0.2, 0.25) is 0 Å². The first-order valence-corrected chi connectivity index (χ1v) is 6.34. The largest absolute Gasteiger partial charge is 0.396 e. The molecule has 0 atom stereocenters. The van der Waals surface area contributed by atoms with Gasteiger partial charge in [-0.05, 0) is 12.1 Å². The van der Waals surface area contributed by atoms with Gasteiger partial charge >= 0.3 is 0 Å². The van der Waals surface area contributed by atoms with Crippen LogP contribution in [-0.4, -0.2) is 43.1 Å². The maximum Gasteiger partial charge on any atom is 0.265 e. The summed E-state index contributed by atoms with van der Waals surface area (Å²) in [5.41, 5.74) is 7.14. The van der Waals surface area contributed by atoms with Crippen LogP contribution in [0.1, 0.15) is 9.67 Å². The fraction of sp³-hybridized carbons (Fsp3) is 0.333. The van der Waals surface area contributed by atoms with Crippen molar-refractivity contribution in [2.75, 3.05) is 33.0 Å². The number of hydrogen-bond donors (Lipinski definition) is 1. The molecule has 0 aromatic carbocycles. The fourth-order valence-corrected chi connectivity index (χ4v) is 2.69. The van der Waals surface area contributed by atoms with E-state index in [1.807, 2.05) is 12.1 Å². The van der Waals surface area contributed by atoms with Crippen LogP contribution in [-0.2, 0) is 4.74 Å².